The van der Waals surface area contributed by atoms with E-state index in [4.69, 9.17) is 0 Å². The van der Waals surface area contributed by atoms with Crippen LogP contribution in [0.4, 0.5) is 4.79 Å². The second-order valence-corrected chi connectivity index (χ2v) is 5.72. The molecule has 0 aromatic heterocycles. The van der Waals surface area contributed by atoms with Gasteiger partial charge < -0.3 is 0 Å². The summed E-state index contributed by atoms with van der Waals surface area (Å²) < 4.78 is 0. The Morgan fingerprint density at radius 1 is 0.895 bits per heavy atom. The average Bonchev–Trinajstić information content (AvgIpc) is 2.68. The van der Waals surface area contributed by atoms with Crippen LogP contribution in [0.2, 0.25) is 0 Å². The van der Waals surface area contributed by atoms with Crippen LogP contribution in [0.1, 0.15) is 44.9 Å². The Hall–Kier alpha value is -1.39. The largest absolute Gasteiger partial charge is 0.332 e. The maximum Gasteiger partial charge on any atom is 0.332 e. The molecular formula is C14H22N2O3. The minimum atomic E-state index is -0.657. The summed E-state index contributed by atoms with van der Waals surface area (Å²) in [7, 11) is 2.90. The highest BCUT2D eigenvalue weighted by atomic mass is 16.2. The minimum Gasteiger partial charge on any atom is -0.273 e. The number of imide groups is 2. The van der Waals surface area contributed by atoms with Crippen LogP contribution >= 0.6 is 0 Å². The molecule has 1 aliphatic heterocycles. The van der Waals surface area contributed by atoms with E-state index in [1.807, 2.05) is 0 Å². The van der Waals surface area contributed by atoms with Gasteiger partial charge in [-0.05, 0) is 12.3 Å². The van der Waals surface area contributed by atoms with E-state index in [0.29, 0.717) is 12.3 Å². The molecule has 0 aromatic rings. The number of barbiturate groups is 1. The lowest BCUT2D eigenvalue weighted by atomic mass is 9.87. The highest BCUT2D eigenvalue weighted by Crippen LogP contribution is 2.30. The van der Waals surface area contributed by atoms with Gasteiger partial charge in [0.05, 0.1) is 0 Å². The van der Waals surface area contributed by atoms with Crippen molar-refractivity contribution in [3.05, 3.63) is 0 Å². The van der Waals surface area contributed by atoms with Gasteiger partial charge in [0.25, 0.3) is 0 Å². The Kier molecular flexibility index (Phi) is 4.22. The van der Waals surface area contributed by atoms with Crippen LogP contribution in [-0.4, -0.2) is 41.7 Å². The van der Waals surface area contributed by atoms with Crippen LogP contribution < -0.4 is 0 Å². The summed E-state index contributed by atoms with van der Waals surface area (Å²) in [5, 5.41) is 0. The van der Waals surface area contributed by atoms with Crippen molar-refractivity contribution >= 4 is 17.8 Å². The van der Waals surface area contributed by atoms with Gasteiger partial charge >= 0.3 is 6.03 Å². The van der Waals surface area contributed by atoms with Crippen molar-refractivity contribution in [3.8, 4) is 0 Å². The first kappa shape index (κ1) is 14.0. The lowest BCUT2D eigenvalue weighted by Crippen LogP contribution is -2.57. The molecule has 0 unspecified atom stereocenters. The smallest absolute Gasteiger partial charge is 0.273 e. The van der Waals surface area contributed by atoms with Crippen LogP contribution in [0, 0.1) is 11.8 Å². The first-order valence-corrected chi connectivity index (χ1v) is 7.11. The van der Waals surface area contributed by atoms with Crippen molar-refractivity contribution in [2.24, 2.45) is 11.8 Å². The predicted molar refractivity (Wildman–Crippen MR) is 70.2 cm³/mol. The van der Waals surface area contributed by atoms with Gasteiger partial charge in [0.1, 0.15) is 5.92 Å². The molecule has 5 heteroatoms. The number of carbonyl (C=O) groups is 3. The number of hydrogen-bond acceptors (Lipinski definition) is 3. The molecule has 2 aliphatic rings. The summed E-state index contributed by atoms with van der Waals surface area (Å²) in [6.07, 6.45) is 7.66. The Bertz CT molecular complexity index is 362. The Balaban J connectivity index is 2.07. The van der Waals surface area contributed by atoms with E-state index < -0.39 is 11.9 Å². The van der Waals surface area contributed by atoms with Crippen LogP contribution in [0.5, 0.6) is 0 Å². The number of carbonyl (C=O) groups excluding carboxylic acids is 3. The Morgan fingerprint density at radius 2 is 1.37 bits per heavy atom. The van der Waals surface area contributed by atoms with Crippen LogP contribution in [0.15, 0.2) is 0 Å². The minimum absolute atomic E-state index is 0.336. The van der Waals surface area contributed by atoms with Gasteiger partial charge in [-0.15, -0.1) is 0 Å². The van der Waals surface area contributed by atoms with Gasteiger partial charge in [0, 0.05) is 14.1 Å². The first-order valence-electron chi connectivity index (χ1n) is 7.11. The molecule has 19 heavy (non-hydrogen) atoms. The molecule has 0 bridgehead atoms. The third-order valence-electron chi connectivity index (χ3n) is 4.37. The third-order valence-corrected chi connectivity index (χ3v) is 4.37. The molecule has 5 nitrogen and oxygen atoms in total. The van der Waals surface area contributed by atoms with E-state index in [1.54, 1.807) is 0 Å². The summed E-state index contributed by atoms with van der Waals surface area (Å²) >= 11 is 0. The molecule has 2 fully saturated rings. The number of urea groups is 1. The zero-order valence-electron chi connectivity index (χ0n) is 11.7. The molecule has 1 saturated heterocycles. The average molecular weight is 266 g/mol. The molecule has 0 N–H and O–H groups in total. The molecule has 2 rings (SSSR count). The standard InChI is InChI=1S/C14H22N2O3/c1-15-12(17)11(13(18)16(2)14(15)19)9-10-7-5-3-4-6-8-10/h10-11H,3-9H2,1-2H3. The van der Waals surface area contributed by atoms with Gasteiger partial charge in [-0.2, -0.15) is 0 Å². The van der Waals surface area contributed by atoms with Crippen LogP contribution in [0.25, 0.3) is 0 Å². The number of amides is 4. The normalized spacial score (nSPS) is 24.0. The Morgan fingerprint density at radius 3 is 1.84 bits per heavy atom. The number of nitrogens with zero attached hydrogens (tertiary/aromatic N) is 2. The maximum atomic E-state index is 12.1. The highest BCUT2D eigenvalue weighted by Gasteiger charge is 2.43. The molecule has 0 spiro atoms. The summed E-state index contributed by atoms with van der Waals surface area (Å²) in [6.45, 7) is 0. The summed E-state index contributed by atoms with van der Waals surface area (Å²) in [6, 6.07) is -0.521. The maximum absolute atomic E-state index is 12.1. The molecule has 1 heterocycles. The summed E-state index contributed by atoms with van der Waals surface area (Å²) in [5.74, 6) is -0.888. The summed E-state index contributed by atoms with van der Waals surface area (Å²) in [4.78, 5) is 38.0. The third kappa shape index (κ3) is 2.80. The van der Waals surface area contributed by atoms with Crippen LogP contribution in [-0.2, 0) is 9.59 Å². The molecule has 0 aromatic carbocycles. The SMILES string of the molecule is CN1C(=O)C(CC2CCCCCC2)C(=O)N(C)C1=O. The van der Waals surface area contributed by atoms with Gasteiger partial charge in [0.2, 0.25) is 11.8 Å². The quantitative estimate of drug-likeness (QED) is 0.567. The van der Waals surface area contributed by atoms with E-state index in [1.165, 1.54) is 39.8 Å². The molecule has 0 radical (unpaired) electrons. The van der Waals surface area contributed by atoms with Gasteiger partial charge in [-0.25, -0.2) is 4.79 Å². The first-order chi connectivity index (χ1) is 9.02. The predicted octanol–water partition coefficient (Wildman–Crippen LogP) is 2.01. The molecule has 1 aliphatic carbocycles. The molecular weight excluding hydrogens is 244 g/mol. The van der Waals surface area contributed by atoms with Crippen molar-refractivity contribution in [2.45, 2.75) is 44.9 Å². The molecule has 4 amide bonds. The van der Waals surface area contributed by atoms with E-state index in [2.05, 4.69) is 0 Å². The second kappa shape index (κ2) is 5.72. The molecule has 1 saturated carbocycles. The fourth-order valence-electron chi connectivity index (χ4n) is 3.12. The van der Waals surface area contributed by atoms with Crippen molar-refractivity contribution in [2.75, 3.05) is 14.1 Å². The van der Waals surface area contributed by atoms with E-state index in [9.17, 15) is 14.4 Å². The highest BCUT2D eigenvalue weighted by molar-refractivity contribution is 6.15. The number of hydrogen-bond donors (Lipinski definition) is 0. The zero-order chi connectivity index (χ0) is 14.0. The van der Waals surface area contributed by atoms with Crippen molar-refractivity contribution in [1.29, 1.82) is 0 Å². The van der Waals surface area contributed by atoms with Gasteiger partial charge in [-0.3, -0.25) is 19.4 Å². The van der Waals surface area contributed by atoms with Crippen LogP contribution in [0.3, 0.4) is 0 Å². The lowest BCUT2D eigenvalue weighted by molar-refractivity contribution is -0.148. The summed E-state index contributed by atoms with van der Waals surface area (Å²) in [5.41, 5.74) is 0. The van der Waals surface area contributed by atoms with Gasteiger partial charge in [-0.1, -0.05) is 38.5 Å². The number of rotatable bonds is 2. The monoisotopic (exact) mass is 266 g/mol. The van der Waals surface area contributed by atoms with Crippen molar-refractivity contribution < 1.29 is 14.4 Å². The Labute approximate surface area is 113 Å². The topological polar surface area (TPSA) is 57.7 Å². The fraction of sp³-hybridized carbons (Fsp3) is 0.786. The molecule has 0 atom stereocenters. The molecule has 106 valence electrons. The second-order valence-electron chi connectivity index (χ2n) is 5.72. The fourth-order valence-corrected chi connectivity index (χ4v) is 3.12. The lowest BCUT2D eigenvalue weighted by Gasteiger charge is -2.34. The zero-order valence-corrected chi connectivity index (χ0v) is 11.7. The van der Waals surface area contributed by atoms with E-state index in [0.717, 1.165) is 22.6 Å². The van der Waals surface area contributed by atoms with Crippen molar-refractivity contribution in [3.63, 3.8) is 0 Å². The van der Waals surface area contributed by atoms with Gasteiger partial charge in [0.15, 0.2) is 0 Å². The van der Waals surface area contributed by atoms with E-state index >= 15 is 0 Å². The van der Waals surface area contributed by atoms with E-state index in [-0.39, 0.29) is 11.8 Å². The van der Waals surface area contributed by atoms with Crippen molar-refractivity contribution in [1.82, 2.24) is 9.80 Å².